The first-order valence-corrected chi connectivity index (χ1v) is 11.0. The highest BCUT2D eigenvalue weighted by molar-refractivity contribution is 6.30. The van der Waals surface area contributed by atoms with Gasteiger partial charge in [0.1, 0.15) is 5.75 Å². The molecule has 1 aromatic heterocycles. The lowest BCUT2D eigenvalue weighted by Crippen LogP contribution is -2.30. The minimum absolute atomic E-state index is 0.244. The minimum atomic E-state index is 0.244. The molecule has 0 fully saturated rings. The van der Waals surface area contributed by atoms with Crippen LogP contribution < -0.4 is 9.64 Å². The van der Waals surface area contributed by atoms with Gasteiger partial charge in [0.25, 0.3) is 0 Å². The van der Waals surface area contributed by atoms with Crippen LogP contribution in [0, 0.1) is 0 Å². The van der Waals surface area contributed by atoms with E-state index in [0.717, 1.165) is 49.6 Å². The van der Waals surface area contributed by atoms with Gasteiger partial charge in [-0.25, -0.2) is 4.68 Å². The van der Waals surface area contributed by atoms with E-state index in [1.807, 2.05) is 29.9 Å². The summed E-state index contributed by atoms with van der Waals surface area (Å²) in [4.78, 5) is 7.29. The van der Waals surface area contributed by atoms with Crippen LogP contribution in [-0.2, 0) is 7.05 Å². The van der Waals surface area contributed by atoms with E-state index >= 15 is 0 Å². The number of aryl methyl sites for hydroxylation is 1. The van der Waals surface area contributed by atoms with E-state index in [2.05, 4.69) is 49.1 Å². The summed E-state index contributed by atoms with van der Waals surface area (Å²) in [6.07, 6.45) is 4.41. The second kappa shape index (κ2) is 10.5. The minimum Gasteiger partial charge on any atom is -0.496 e. The van der Waals surface area contributed by atoms with E-state index in [-0.39, 0.29) is 6.04 Å². The number of nitrogens with zero attached hydrogens (tertiary/aromatic N) is 4. The SMILES string of the molecule is CCCC[C@H](c1ccccc1)N(CCC)c1nc(-c2ccc(Cl)cc2OC)n(C)n1. The fourth-order valence-electron chi connectivity index (χ4n) is 3.79. The normalized spacial score (nSPS) is 12.0. The Labute approximate surface area is 184 Å². The Morgan fingerprint density at radius 1 is 1.10 bits per heavy atom. The zero-order chi connectivity index (χ0) is 21.5. The zero-order valence-corrected chi connectivity index (χ0v) is 19.1. The molecule has 0 bridgehead atoms. The molecule has 0 radical (unpaired) electrons. The molecule has 1 heterocycles. The molecule has 3 aromatic rings. The second-order valence-electron chi connectivity index (χ2n) is 7.47. The van der Waals surface area contributed by atoms with Crippen molar-refractivity contribution in [2.75, 3.05) is 18.6 Å². The van der Waals surface area contributed by atoms with Crippen molar-refractivity contribution in [1.29, 1.82) is 0 Å². The number of ether oxygens (including phenoxy) is 1. The van der Waals surface area contributed by atoms with Crippen molar-refractivity contribution in [3.8, 4) is 17.1 Å². The Morgan fingerprint density at radius 2 is 1.87 bits per heavy atom. The van der Waals surface area contributed by atoms with Gasteiger partial charge in [0.15, 0.2) is 5.82 Å². The van der Waals surface area contributed by atoms with Crippen LogP contribution in [0.25, 0.3) is 11.4 Å². The number of aromatic nitrogens is 3. The fraction of sp³-hybridized carbons (Fsp3) is 0.417. The number of hydrogen-bond donors (Lipinski definition) is 0. The van der Waals surface area contributed by atoms with Crippen molar-refractivity contribution in [2.45, 2.75) is 45.6 Å². The average Bonchev–Trinajstić information content (AvgIpc) is 3.14. The van der Waals surface area contributed by atoms with Crippen molar-refractivity contribution in [1.82, 2.24) is 14.8 Å². The van der Waals surface area contributed by atoms with Crippen molar-refractivity contribution in [3.05, 3.63) is 59.1 Å². The van der Waals surface area contributed by atoms with Crippen molar-refractivity contribution in [3.63, 3.8) is 0 Å². The van der Waals surface area contributed by atoms with Gasteiger partial charge >= 0.3 is 0 Å². The molecule has 3 rings (SSSR count). The smallest absolute Gasteiger partial charge is 0.245 e. The summed E-state index contributed by atoms with van der Waals surface area (Å²) in [6.45, 7) is 5.32. The summed E-state index contributed by atoms with van der Waals surface area (Å²) in [5.41, 5.74) is 2.18. The first-order chi connectivity index (χ1) is 14.6. The number of unbranched alkanes of at least 4 members (excludes halogenated alkanes) is 1. The highest BCUT2D eigenvalue weighted by Gasteiger charge is 2.25. The molecular formula is C24H31ClN4O. The molecular weight excluding hydrogens is 396 g/mol. The number of rotatable bonds is 10. The maximum absolute atomic E-state index is 6.15. The molecule has 0 spiro atoms. The molecule has 0 saturated carbocycles. The molecule has 1 atom stereocenters. The molecule has 0 saturated heterocycles. The van der Waals surface area contributed by atoms with Gasteiger partial charge in [-0.05, 0) is 36.6 Å². The standard InChI is InChI=1S/C24H31ClN4O/c1-5-7-13-21(18-11-9-8-10-12-18)29(16-6-2)24-26-23(28(3)27-24)20-15-14-19(25)17-22(20)30-4/h8-12,14-15,17,21H,5-7,13,16H2,1-4H3/t21-/m1/s1. The summed E-state index contributed by atoms with van der Waals surface area (Å²) >= 11 is 6.15. The quantitative estimate of drug-likeness (QED) is 0.382. The molecule has 0 N–H and O–H groups in total. The van der Waals surface area contributed by atoms with Gasteiger partial charge in [0, 0.05) is 18.6 Å². The van der Waals surface area contributed by atoms with Gasteiger partial charge in [-0.1, -0.05) is 68.6 Å². The zero-order valence-electron chi connectivity index (χ0n) is 18.3. The van der Waals surface area contributed by atoms with Crippen LogP contribution in [-0.4, -0.2) is 28.4 Å². The summed E-state index contributed by atoms with van der Waals surface area (Å²) < 4.78 is 7.37. The first kappa shape index (κ1) is 22.2. The van der Waals surface area contributed by atoms with Crippen LogP contribution in [0.5, 0.6) is 5.75 Å². The van der Waals surface area contributed by atoms with E-state index in [1.165, 1.54) is 5.56 Å². The molecule has 0 amide bonds. The van der Waals surface area contributed by atoms with Crippen molar-refractivity contribution < 1.29 is 4.74 Å². The van der Waals surface area contributed by atoms with Crippen LogP contribution in [0.2, 0.25) is 5.02 Å². The number of anilines is 1. The molecule has 0 aliphatic rings. The topological polar surface area (TPSA) is 43.2 Å². The van der Waals surface area contributed by atoms with E-state index in [0.29, 0.717) is 10.8 Å². The van der Waals surface area contributed by atoms with E-state index in [9.17, 15) is 0 Å². The Balaban J connectivity index is 2.03. The third kappa shape index (κ3) is 4.96. The Morgan fingerprint density at radius 3 is 2.53 bits per heavy atom. The lowest BCUT2D eigenvalue weighted by atomic mass is 9.99. The van der Waals surface area contributed by atoms with Crippen LogP contribution in [0.1, 0.15) is 51.1 Å². The van der Waals surface area contributed by atoms with E-state index in [4.69, 9.17) is 26.4 Å². The van der Waals surface area contributed by atoms with Gasteiger partial charge in [-0.2, -0.15) is 4.98 Å². The lowest BCUT2D eigenvalue weighted by molar-refractivity contribution is 0.416. The second-order valence-corrected chi connectivity index (χ2v) is 7.90. The lowest BCUT2D eigenvalue weighted by Gasteiger charge is -2.31. The highest BCUT2D eigenvalue weighted by atomic mass is 35.5. The van der Waals surface area contributed by atoms with E-state index in [1.54, 1.807) is 7.11 Å². The predicted octanol–water partition coefficient (Wildman–Crippen LogP) is 6.29. The Bertz CT molecular complexity index is 942. The molecule has 0 unspecified atom stereocenters. The summed E-state index contributed by atoms with van der Waals surface area (Å²) in [5.74, 6) is 2.20. The molecule has 160 valence electrons. The number of methoxy groups -OCH3 is 1. The third-order valence-corrected chi connectivity index (χ3v) is 5.50. The van der Waals surface area contributed by atoms with Gasteiger partial charge in [-0.3, -0.25) is 0 Å². The van der Waals surface area contributed by atoms with Crippen molar-refractivity contribution >= 4 is 17.5 Å². The maximum Gasteiger partial charge on any atom is 0.245 e. The summed E-state index contributed by atoms with van der Waals surface area (Å²) in [7, 11) is 3.57. The molecule has 5 nitrogen and oxygen atoms in total. The molecule has 30 heavy (non-hydrogen) atoms. The van der Waals surface area contributed by atoms with Gasteiger partial charge in [0.2, 0.25) is 5.95 Å². The van der Waals surface area contributed by atoms with Gasteiger partial charge < -0.3 is 9.64 Å². The number of hydrogen-bond acceptors (Lipinski definition) is 4. The highest BCUT2D eigenvalue weighted by Crippen LogP contribution is 2.34. The number of halogens is 1. The van der Waals surface area contributed by atoms with Crippen LogP contribution >= 0.6 is 11.6 Å². The van der Waals surface area contributed by atoms with Crippen LogP contribution in [0.4, 0.5) is 5.95 Å². The van der Waals surface area contributed by atoms with Crippen LogP contribution in [0.3, 0.4) is 0 Å². The molecule has 6 heteroatoms. The summed E-state index contributed by atoms with van der Waals surface area (Å²) in [5, 5.41) is 5.43. The first-order valence-electron chi connectivity index (χ1n) is 10.7. The number of benzene rings is 2. The average molecular weight is 427 g/mol. The molecule has 2 aromatic carbocycles. The predicted molar refractivity (Wildman–Crippen MR) is 124 cm³/mol. The van der Waals surface area contributed by atoms with Crippen LogP contribution in [0.15, 0.2) is 48.5 Å². The summed E-state index contributed by atoms with van der Waals surface area (Å²) in [6, 6.07) is 16.5. The largest absolute Gasteiger partial charge is 0.496 e. The van der Waals surface area contributed by atoms with E-state index < -0.39 is 0 Å². The molecule has 0 aliphatic carbocycles. The van der Waals surface area contributed by atoms with Crippen molar-refractivity contribution in [2.24, 2.45) is 7.05 Å². The van der Waals surface area contributed by atoms with Gasteiger partial charge in [-0.15, -0.1) is 5.10 Å². The monoisotopic (exact) mass is 426 g/mol. The fourth-order valence-corrected chi connectivity index (χ4v) is 3.95. The molecule has 0 aliphatic heterocycles. The Kier molecular flexibility index (Phi) is 7.75. The van der Waals surface area contributed by atoms with Gasteiger partial charge in [0.05, 0.1) is 18.7 Å². The maximum atomic E-state index is 6.15. The Hall–Kier alpha value is -2.53. The third-order valence-electron chi connectivity index (χ3n) is 5.27.